The van der Waals surface area contributed by atoms with Crippen LogP contribution in [0.4, 0.5) is 11.6 Å². The van der Waals surface area contributed by atoms with Gasteiger partial charge in [0, 0.05) is 25.1 Å². The van der Waals surface area contributed by atoms with Crippen LogP contribution in [0.15, 0.2) is 6.07 Å². The average Bonchev–Trinajstić information content (AvgIpc) is 2.72. The standard InChI is InChI=1S/C16H28N4O/c1-4-17-14-10-15(19-16(18-14)12(2)3)20-9-7-5-6-8-13(20)11-21/h10,12-13,21H,4-9,11H2,1-3H3,(H,17,18,19). The average molecular weight is 292 g/mol. The maximum Gasteiger partial charge on any atom is 0.135 e. The molecule has 1 aromatic heterocycles. The van der Waals surface area contributed by atoms with Gasteiger partial charge in [-0.25, -0.2) is 9.97 Å². The lowest BCUT2D eigenvalue weighted by Crippen LogP contribution is -2.38. The molecule has 2 rings (SSSR count). The second kappa shape index (κ2) is 7.59. The molecular weight excluding hydrogens is 264 g/mol. The zero-order chi connectivity index (χ0) is 15.2. The topological polar surface area (TPSA) is 61.3 Å². The first kappa shape index (κ1) is 16.0. The summed E-state index contributed by atoms with van der Waals surface area (Å²) in [6, 6.07) is 2.19. The SMILES string of the molecule is CCNc1cc(N2CCCCCC2CO)nc(C(C)C)n1. The fraction of sp³-hybridized carbons (Fsp3) is 0.750. The number of anilines is 2. The Bertz CT molecular complexity index is 450. The molecule has 1 unspecified atom stereocenters. The van der Waals surface area contributed by atoms with Crippen LogP contribution in [0.25, 0.3) is 0 Å². The van der Waals surface area contributed by atoms with Gasteiger partial charge in [-0.1, -0.05) is 26.7 Å². The predicted octanol–water partition coefficient (Wildman–Crippen LogP) is 2.77. The van der Waals surface area contributed by atoms with Gasteiger partial charge in [-0.3, -0.25) is 0 Å². The largest absolute Gasteiger partial charge is 0.394 e. The highest BCUT2D eigenvalue weighted by Gasteiger charge is 2.23. The van der Waals surface area contributed by atoms with Gasteiger partial charge in [0.2, 0.25) is 0 Å². The Kier molecular flexibility index (Phi) is 5.79. The van der Waals surface area contributed by atoms with Crippen molar-refractivity contribution in [2.75, 3.05) is 29.9 Å². The van der Waals surface area contributed by atoms with Crippen molar-refractivity contribution in [3.05, 3.63) is 11.9 Å². The first-order valence-corrected chi connectivity index (χ1v) is 8.16. The number of hydrogen-bond acceptors (Lipinski definition) is 5. The number of aliphatic hydroxyl groups excluding tert-OH is 1. The Labute approximate surface area is 127 Å². The van der Waals surface area contributed by atoms with Gasteiger partial charge in [0.1, 0.15) is 17.5 Å². The molecule has 1 aliphatic rings. The maximum atomic E-state index is 9.70. The van der Waals surface area contributed by atoms with E-state index in [4.69, 9.17) is 4.98 Å². The summed E-state index contributed by atoms with van der Waals surface area (Å²) in [6.45, 7) is 8.29. The van der Waals surface area contributed by atoms with Crippen LogP contribution in [0.5, 0.6) is 0 Å². The molecule has 0 bridgehead atoms. The Morgan fingerprint density at radius 3 is 2.81 bits per heavy atom. The second-order valence-corrected chi connectivity index (χ2v) is 6.03. The van der Waals surface area contributed by atoms with E-state index in [1.807, 2.05) is 6.07 Å². The molecule has 0 spiro atoms. The lowest BCUT2D eigenvalue weighted by atomic mass is 10.1. The molecule has 1 fully saturated rings. The van der Waals surface area contributed by atoms with Crippen molar-refractivity contribution in [3.63, 3.8) is 0 Å². The summed E-state index contributed by atoms with van der Waals surface area (Å²) in [6.07, 6.45) is 4.61. The van der Waals surface area contributed by atoms with Gasteiger partial charge in [-0.05, 0) is 19.8 Å². The third kappa shape index (κ3) is 4.06. The highest BCUT2D eigenvalue weighted by atomic mass is 16.3. The molecule has 0 aromatic carbocycles. The third-order valence-electron chi connectivity index (χ3n) is 3.99. The molecular formula is C16H28N4O. The Hall–Kier alpha value is -1.36. The van der Waals surface area contributed by atoms with E-state index in [9.17, 15) is 5.11 Å². The van der Waals surface area contributed by atoms with Gasteiger partial charge in [-0.2, -0.15) is 0 Å². The van der Waals surface area contributed by atoms with Gasteiger partial charge < -0.3 is 15.3 Å². The molecule has 0 saturated carbocycles. The van der Waals surface area contributed by atoms with E-state index >= 15 is 0 Å². The number of aromatic nitrogens is 2. The van der Waals surface area contributed by atoms with Crippen LogP contribution in [-0.4, -0.2) is 40.8 Å². The molecule has 0 aliphatic carbocycles. The van der Waals surface area contributed by atoms with Gasteiger partial charge in [0.15, 0.2) is 0 Å². The smallest absolute Gasteiger partial charge is 0.135 e. The van der Waals surface area contributed by atoms with E-state index in [-0.39, 0.29) is 12.6 Å². The lowest BCUT2D eigenvalue weighted by Gasteiger charge is -2.30. The normalized spacial score (nSPS) is 19.7. The van der Waals surface area contributed by atoms with Crippen LogP contribution in [0.1, 0.15) is 58.2 Å². The lowest BCUT2D eigenvalue weighted by molar-refractivity contribution is 0.254. The van der Waals surface area contributed by atoms with Crippen molar-refractivity contribution in [2.45, 2.75) is 58.4 Å². The minimum atomic E-state index is 0.178. The summed E-state index contributed by atoms with van der Waals surface area (Å²) in [4.78, 5) is 11.6. The molecule has 1 aromatic rings. The number of nitrogens with one attached hydrogen (secondary N) is 1. The fourth-order valence-corrected chi connectivity index (χ4v) is 2.80. The van der Waals surface area contributed by atoms with Crippen molar-refractivity contribution < 1.29 is 5.11 Å². The highest BCUT2D eigenvalue weighted by molar-refractivity contribution is 5.50. The van der Waals surface area contributed by atoms with Crippen LogP contribution in [0.2, 0.25) is 0 Å². The molecule has 1 saturated heterocycles. The molecule has 1 atom stereocenters. The first-order chi connectivity index (χ1) is 10.2. The molecule has 2 N–H and O–H groups in total. The summed E-state index contributed by atoms with van der Waals surface area (Å²) in [7, 11) is 0. The van der Waals surface area contributed by atoms with E-state index < -0.39 is 0 Å². The molecule has 118 valence electrons. The molecule has 2 heterocycles. The van der Waals surface area contributed by atoms with Crippen molar-refractivity contribution in [2.24, 2.45) is 0 Å². The first-order valence-electron chi connectivity index (χ1n) is 8.16. The summed E-state index contributed by atoms with van der Waals surface area (Å²) in [5.41, 5.74) is 0. The van der Waals surface area contributed by atoms with Gasteiger partial charge >= 0.3 is 0 Å². The maximum absolute atomic E-state index is 9.70. The summed E-state index contributed by atoms with van der Waals surface area (Å²) in [5, 5.41) is 13.0. The number of rotatable bonds is 5. The molecule has 5 heteroatoms. The molecule has 0 radical (unpaired) electrons. The predicted molar refractivity (Wildman–Crippen MR) is 87.0 cm³/mol. The molecule has 21 heavy (non-hydrogen) atoms. The summed E-state index contributed by atoms with van der Waals surface area (Å²) in [5.74, 6) is 2.99. The van der Waals surface area contributed by atoms with E-state index in [2.05, 4.69) is 36.0 Å². The highest BCUT2D eigenvalue weighted by Crippen LogP contribution is 2.26. The van der Waals surface area contributed by atoms with Crippen LogP contribution in [-0.2, 0) is 0 Å². The van der Waals surface area contributed by atoms with E-state index in [1.165, 1.54) is 12.8 Å². The Balaban J connectivity index is 2.34. The quantitative estimate of drug-likeness (QED) is 0.874. The van der Waals surface area contributed by atoms with E-state index in [0.717, 1.165) is 43.4 Å². The van der Waals surface area contributed by atoms with Gasteiger partial charge in [-0.15, -0.1) is 0 Å². The monoisotopic (exact) mass is 292 g/mol. The van der Waals surface area contributed by atoms with Crippen molar-refractivity contribution in [3.8, 4) is 0 Å². The second-order valence-electron chi connectivity index (χ2n) is 6.03. The zero-order valence-electron chi connectivity index (χ0n) is 13.5. The minimum Gasteiger partial charge on any atom is -0.394 e. The molecule has 0 amide bonds. The van der Waals surface area contributed by atoms with Crippen LogP contribution in [0.3, 0.4) is 0 Å². The van der Waals surface area contributed by atoms with Crippen LogP contribution in [0, 0.1) is 0 Å². The van der Waals surface area contributed by atoms with Crippen LogP contribution < -0.4 is 10.2 Å². The third-order valence-corrected chi connectivity index (χ3v) is 3.99. The Morgan fingerprint density at radius 2 is 2.14 bits per heavy atom. The summed E-state index contributed by atoms with van der Waals surface area (Å²) >= 11 is 0. The van der Waals surface area contributed by atoms with Gasteiger partial charge in [0.05, 0.1) is 12.6 Å². The molecule has 5 nitrogen and oxygen atoms in total. The Morgan fingerprint density at radius 1 is 1.33 bits per heavy atom. The zero-order valence-corrected chi connectivity index (χ0v) is 13.5. The fourth-order valence-electron chi connectivity index (χ4n) is 2.80. The number of aliphatic hydroxyl groups is 1. The van der Waals surface area contributed by atoms with Gasteiger partial charge in [0.25, 0.3) is 0 Å². The van der Waals surface area contributed by atoms with E-state index in [0.29, 0.717) is 5.92 Å². The summed E-state index contributed by atoms with van der Waals surface area (Å²) < 4.78 is 0. The molecule has 1 aliphatic heterocycles. The number of nitrogens with zero attached hydrogens (tertiary/aromatic N) is 3. The number of hydrogen-bond donors (Lipinski definition) is 2. The minimum absolute atomic E-state index is 0.178. The van der Waals surface area contributed by atoms with Crippen molar-refractivity contribution >= 4 is 11.6 Å². The van der Waals surface area contributed by atoms with E-state index in [1.54, 1.807) is 0 Å². The van der Waals surface area contributed by atoms with Crippen molar-refractivity contribution in [1.29, 1.82) is 0 Å². The van der Waals surface area contributed by atoms with Crippen molar-refractivity contribution in [1.82, 2.24) is 9.97 Å². The van der Waals surface area contributed by atoms with Crippen LogP contribution >= 0.6 is 0 Å².